The van der Waals surface area contributed by atoms with Crippen molar-refractivity contribution in [3.8, 4) is 11.4 Å². The molecule has 0 spiro atoms. The highest BCUT2D eigenvalue weighted by molar-refractivity contribution is 6.31. The second-order valence-corrected chi connectivity index (χ2v) is 7.79. The van der Waals surface area contributed by atoms with Crippen molar-refractivity contribution in [2.45, 2.75) is 25.8 Å². The van der Waals surface area contributed by atoms with E-state index in [4.69, 9.17) is 27.7 Å². The first-order valence-electron chi connectivity index (χ1n) is 9.51. The number of aromatic nitrogens is 2. The van der Waals surface area contributed by atoms with Crippen LogP contribution in [0.25, 0.3) is 11.4 Å². The molecule has 29 heavy (non-hydrogen) atoms. The summed E-state index contributed by atoms with van der Waals surface area (Å²) in [5.41, 5.74) is 2.06. The van der Waals surface area contributed by atoms with Gasteiger partial charge in [-0.15, -0.1) is 0 Å². The molecule has 0 bridgehead atoms. The lowest BCUT2D eigenvalue weighted by Gasteiger charge is -2.27. The first-order chi connectivity index (χ1) is 14.1. The molecule has 0 atom stereocenters. The van der Waals surface area contributed by atoms with Gasteiger partial charge in [-0.3, -0.25) is 4.79 Å². The Labute approximate surface area is 178 Å². The monoisotopic (exact) mass is 430 g/mol. The molecule has 1 N–H and O–H groups in total. The third-order valence-corrected chi connectivity index (χ3v) is 5.34. The maximum Gasteiger partial charge on any atom is 0.255 e. The van der Waals surface area contributed by atoms with E-state index in [9.17, 15) is 4.79 Å². The summed E-state index contributed by atoms with van der Waals surface area (Å²) in [6.45, 7) is 1.85. The SMILES string of the molecule is O=C(c1ccc(Cl)cc1NCc1nc(-c2ccc(Cl)cc2)no1)N1CCCCC1. The topological polar surface area (TPSA) is 71.3 Å². The van der Waals surface area contributed by atoms with Crippen LogP contribution in [0.3, 0.4) is 0 Å². The summed E-state index contributed by atoms with van der Waals surface area (Å²) in [7, 11) is 0. The maximum absolute atomic E-state index is 12.9. The van der Waals surface area contributed by atoms with Gasteiger partial charge in [0.05, 0.1) is 12.1 Å². The minimum Gasteiger partial charge on any atom is -0.375 e. The number of hydrogen-bond acceptors (Lipinski definition) is 5. The van der Waals surface area contributed by atoms with Gasteiger partial charge in [0.2, 0.25) is 11.7 Å². The molecule has 8 heteroatoms. The van der Waals surface area contributed by atoms with Crippen LogP contribution in [-0.4, -0.2) is 34.0 Å². The predicted octanol–water partition coefficient (Wildman–Crippen LogP) is 5.28. The number of nitrogens with zero attached hydrogens (tertiary/aromatic N) is 3. The molecule has 1 saturated heterocycles. The molecule has 0 unspecified atom stereocenters. The van der Waals surface area contributed by atoms with E-state index in [1.54, 1.807) is 30.3 Å². The average Bonchev–Trinajstić information content (AvgIpc) is 3.22. The van der Waals surface area contributed by atoms with Gasteiger partial charge >= 0.3 is 0 Å². The van der Waals surface area contributed by atoms with Crippen molar-refractivity contribution < 1.29 is 9.32 Å². The van der Waals surface area contributed by atoms with Crippen molar-refractivity contribution in [3.63, 3.8) is 0 Å². The fraction of sp³-hybridized carbons (Fsp3) is 0.286. The molecule has 3 aromatic rings. The number of benzene rings is 2. The first-order valence-corrected chi connectivity index (χ1v) is 10.3. The van der Waals surface area contributed by atoms with Crippen molar-refractivity contribution >= 4 is 34.8 Å². The van der Waals surface area contributed by atoms with E-state index in [-0.39, 0.29) is 12.5 Å². The number of rotatable bonds is 5. The molecule has 0 saturated carbocycles. The molecular formula is C21H20Cl2N4O2. The number of piperidine rings is 1. The maximum atomic E-state index is 12.9. The Morgan fingerprint density at radius 3 is 2.52 bits per heavy atom. The molecule has 150 valence electrons. The van der Waals surface area contributed by atoms with Crippen LogP contribution in [-0.2, 0) is 6.54 Å². The van der Waals surface area contributed by atoms with Crippen LogP contribution in [0, 0.1) is 0 Å². The highest BCUT2D eigenvalue weighted by Gasteiger charge is 2.21. The summed E-state index contributed by atoms with van der Waals surface area (Å²) < 4.78 is 5.33. The number of carbonyl (C=O) groups excluding carboxylic acids is 1. The molecule has 1 fully saturated rings. The summed E-state index contributed by atoms with van der Waals surface area (Å²) in [4.78, 5) is 19.2. The van der Waals surface area contributed by atoms with Crippen molar-refractivity contribution in [2.75, 3.05) is 18.4 Å². The van der Waals surface area contributed by atoms with Crippen LogP contribution < -0.4 is 5.32 Å². The molecule has 0 aliphatic carbocycles. The lowest BCUT2D eigenvalue weighted by molar-refractivity contribution is 0.0725. The smallest absolute Gasteiger partial charge is 0.255 e. The summed E-state index contributed by atoms with van der Waals surface area (Å²) in [6, 6.07) is 12.4. The summed E-state index contributed by atoms with van der Waals surface area (Å²) >= 11 is 12.1. The largest absolute Gasteiger partial charge is 0.375 e. The van der Waals surface area contributed by atoms with Gasteiger partial charge in [-0.1, -0.05) is 28.4 Å². The summed E-state index contributed by atoms with van der Waals surface area (Å²) in [5.74, 6) is 0.900. The number of nitrogens with one attached hydrogen (secondary N) is 1. The van der Waals surface area contributed by atoms with E-state index in [0.29, 0.717) is 33.0 Å². The molecule has 6 nitrogen and oxygen atoms in total. The van der Waals surface area contributed by atoms with Crippen LogP contribution in [0.5, 0.6) is 0 Å². The standard InChI is InChI=1S/C21H20Cl2N4O2/c22-15-6-4-14(5-7-15)20-25-19(29-26-20)13-24-18-12-16(23)8-9-17(18)21(28)27-10-2-1-3-11-27/h4-9,12,24H,1-3,10-11,13H2. The Balaban J connectivity index is 1.49. The number of hydrogen-bond donors (Lipinski definition) is 1. The second-order valence-electron chi connectivity index (χ2n) is 6.91. The molecule has 1 aromatic heterocycles. The van der Waals surface area contributed by atoms with Gasteiger partial charge in [0.25, 0.3) is 5.91 Å². The number of amides is 1. The third kappa shape index (κ3) is 4.71. The van der Waals surface area contributed by atoms with Crippen molar-refractivity contribution in [1.29, 1.82) is 0 Å². The van der Waals surface area contributed by atoms with Crippen LogP contribution in [0.4, 0.5) is 5.69 Å². The fourth-order valence-corrected chi connectivity index (χ4v) is 3.63. The Morgan fingerprint density at radius 1 is 1.03 bits per heavy atom. The van der Waals surface area contributed by atoms with Crippen LogP contribution in [0.2, 0.25) is 10.0 Å². The van der Waals surface area contributed by atoms with Gasteiger partial charge in [-0.2, -0.15) is 4.98 Å². The minimum atomic E-state index is 0.0104. The molecule has 2 aromatic carbocycles. The van der Waals surface area contributed by atoms with Crippen molar-refractivity contribution in [3.05, 3.63) is 64.0 Å². The van der Waals surface area contributed by atoms with Gasteiger partial charge in [-0.05, 0) is 61.7 Å². The highest BCUT2D eigenvalue weighted by Crippen LogP contribution is 2.25. The Morgan fingerprint density at radius 2 is 1.76 bits per heavy atom. The zero-order valence-electron chi connectivity index (χ0n) is 15.7. The minimum absolute atomic E-state index is 0.0104. The summed E-state index contributed by atoms with van der Waals surface area (Å²) in [6.07, 6.45) is 3.25. The third-order valence-electron chi connectivity index (χ3n) is 4.86. The van der Waals surface area contributed by atoms with Gasteiger partial charge in [0.15, 0.2) is 0 Å². The highest BCUT2D eigenvalue weighted by atomic mass is 35.5. The Hall–Kier alpha value is -2.57. The van der Waals surface area contributed by atoms with Crippen molar-refractivity contribution in [1.82, 2.24) is 15.0 Å². The van der Waals surface area contributed by atoms with E-state index in [0.717, 1.165) is 31.5 Å². The van der Waals surface area contributed by atoms with Crippen molar-refractivity contribution in [2.24, 2.45) is 0 Å². The molecule has 2 heterocycles. The van der Waals surface area contributed by atoms with E-state index in [2.05, 4.69) is 15.5 Å². The van der Waals surface area contributed by atoms with E-state index in [1.165, 1.54) is 6.42 Å². The first kappa shape index (κ1) is 19.7. The average molecular weight is 431 g/mol. The quantitative estimate of drug-likeness (QED) is 0.595. The van der Waals surface area contributed by atoms with Gasteiger partial charge in [0.1, 0.15) is 0 Å². The van der Waals surface area contributed by atoms with Gasteiger partial charge in [-0.25, -0.2) is 0 Å². The molecule has 1 amide bonds. The Bertz CT molecular complexity index is 998. The van der Waals surface area contributed by atoms with E-state index < -0.39 is 0 Å². The molecule has 4 rings (SSSR count). The molecule has 1 aliphatic rings. The lowest BCUT2D eigenvalue weighted by Crippen LogP contribution is -2.36. The van der Waals surface area contributed by atoms with Gasteiger partial charge < -0.3 is 14.7 Å². The number of carbonyl (C=O) groups is 1. The number of likely N-dealkylation sites (tertiary alicyclic amines) is 1. The van der Waals surface area contributed by atoms with Crippen LogP contribution in [0.1, 0.15) is 35.5 Å². The molecular weight excluding hydrogens is 411 g/mol. The summed E-state index contributed by atoms with van der Waals surface area (Å²) in [5, 5.41) is 8.42. The molecule has 1 aliphatic heterocycles. The van der Waals surface area contributed by atoms with Gasteiger partial charge in [0, 0.05) is 34.4 Å². The fourth-order valence-electron chi connectivity index (χ4n) is 3.33. The second kappa shape index (κ2) is 8.84. The predicted molar refractivity (Wildman–Crippen MR) is 113 cm³/mol. The van der Waals surface area contributed by atoms with E-state index in [1.807, 2.05) is 17.0 Å². The molecule has 0 radical (unpaired) electrons. The number of anilines is 1. The zero-order valence-corrected chi connectivity index (χ0v) is 17.2. The van der Waals surface area contributed by atoms with Crippen LogP contribution in [0.15, 0.2) is 47.0 Å². The van der Waals surface area contributed by atoms with E-state index >= 15 is 0 Å². The lowest BCUT2D eigenvalue weighted by atomic mass is 10.1. The Kier molecular flexibility index (Phi) is 6.02. The number of halogens is 2. The zero-order chi connectivity index (χ0) is 20.2. The normalized spacial score (nSPS) is 14.1. The van der Waals surface area contributed by atoms with Crippen LogP contribution >= 0.6 is 23.2 Å².